The number of piperidine rings is 1. The second-order valence-corrected chi connectivity index (χ2v) is 6.57. The molecule has 3 aliphatic heterocycles. The molecule has 0 saturated carbocycles. The molecule has 8 nitrogen and oxygen atoms in total. The number of morpholine rings is 1. The number of ketones is 1. The van der Waals surface area contributed by atoms with Crippen LogP contribution in [0.2, 0.25) is 0 Å². The lowest BCUT2D eigenvalue weighted by molar-refractivity contribution is -0.192. The highest BCUT2D eigenvalue weighted by molar-refractivity contribution is 6.14. The first-order valence-electron chi connectivity index (χ1n) is 8.07. The van der Waals surface area contributed by atoms with Crippen LogP contribution in [-0.2, 0) is 20.9 Å². The molecule has 0 aliphatic carbocycles. The third kappa shape index (κ3) is 2.69. The van der Waals surface area contributed by atoms with Crippen LogP contribution >= 0.6 is 11.8 Å². The van der Waals surface area contributed by atoms with E-state index in [4.69, 9.17) is 21.4 Å². The molecule has 9 heteroatoms. The molecule has 0 spiro atoms. The van der Waals surface area contributed by atoms with Gasteiger partial charge in [0.25, 0.3) is 0 Å². The van der Waals surface area contributed by atoms with E-state index in [1.807, 2.05) is 22.9 Å². The lowest BCUT2D eigenvalue weighted by Gasteiger charge is -2.45. The van der Waals surface area contributed by atoms with Crippen molar-refractivity contribution >= 4 is 23.7 Å². The Hall–Kier alpha value is -1.61. The quantitative estimate of drug-likeness (QED) is 0.700. The van der Waals surface area contributed by atoms with Crippen LogP contribution in [0.4, 0.5) is 4.79 Å². The van der Waals surface area contributed by atoms with Crippen molar-refractivity contribution in [1.29, 1.82) is 0 Å². The molecule has 1 aromatic heterocycles. The first-order valence-corrected chi connectivity index (χ1v) is 8.41. The van der Waals surface area contributed by atoms with Crippen molar-refractivity contribution in [2.45, 2.75) is 25.2 Å². The number of aromatic nitrogens is 1. The molecule has 1 aromatic rings. The first-order chi connectivity index (χ1) is 11.6. The summed E-state index contributed by atoms with van der Waals surface area (Å²) in [5, 5.41) is 1.48. The summed E-state index contributed by atoms with van der Waals surface area (Å²) in [5.74, 6) is 0.0334. The zero-order valence-corrected chi connectivity index (χ0v) is 13.9. The normalized spacial score (nSPS) is 28.4. The number of amides is 1. The molecular formula is C15H19ClN4O4. The molecule has 2 unspecified atom stereocenters. The van der Waals surface area contributed by atoms with E-state index in [9.17, 15) is 9.59 Å². The molecule has 0 bridgehead atoms. The Morgan fingerprint density at radius 1 is 1.29 bits per heavy atom. The molecule has 0 aromatic carbocycles. The Morgan fingerprint density at radius 2 is 2.08 bits per heavy atom. The van der Waals surface area contributed by atoms with Gasteiger partial charge in [0.05, 0.1) is 19.8 Å². The zero-order valence-electron chi connectivity index (χ0n) is 13.1. The third-order valence-electron chi connectivity index (χ3n) is 4.72. The van der Waals surface area contributed by atoms with E-state index in [2.05, 4.69) is 0 Å². The van der Waals surface area contributed by atoms with Gasteiger partial charge in [0.2, 0.25) is 0 Å². The van der Waals surface area contributed by atoms with Gasteiger partial charge >= 0.3 is 6.09 Å². The average Bonchev–Trinajstić information content (AvgIpc) is 3.06. The monoisotopic (exact) mass is 354 g/mol. The standard InChI is InChI=1S/C15H19ClN4O4/c16-19-5-3-12(21)13-14(19)18-4-1-2-11(18)10-20(13)24-15(22)17-6-8-23-9-7-17/h1-2,4,13-14H,3,5-10H2. The minimum absolute atomic E-state index is 0.0334. The molecule has 0 radical (unpaired) electrons. The lowest BCUT2D eigenvalue weighted by Crippen LogP contribution is -2.58. The number of Topliss-reactive ketones (excluding diaryl/α,β-unsaturated/α-hetero) is 1. The minimum Gasteiger partial charge on any atom is -0.378 e. The van der Waals surface area contributed by atoms with Crippen molar-refractivity contribution in [1.82, 2.24) is 18.9 Å². The fraction of sp³-hybridized carbons (Fsp3) is 0.600. The van der Waals surface area contributed by atoms with E-state index in [0.29, 0.717) is 45.8 Å². The Kier molecular flexibility index (Phi) is 4.21. The summed E-state index contributed by atoms with van der Waals surface area (Å²) < 4.78 is 8.84. The van der Waals surface area contributed by atoms with Crippen molar-refractivity contribution in [2.24, 2.45) is 0 Å². The highest BCUT2D eigenvalue weighted by atomic mass is 35.5. The van der Waals surface area contributed by atoms with E-state index in [1.165, 1.54) is 5.06 Å². The Bertz CT molecular complexity index is 645. The number of carbonyl (C=O) groups excluding carboxylic acids is 2. The van der Waals surface area contributed by atoms with E-state index in [-0.39, 0.29) is 11.9 Å². The fourth-order valence-corrected chi connectivity index (χ4v) is 3.77. The maximum atomic E-state index is 12.5. The molecule has 2 atom stereocenters. The van der Waals surface area contributed by atoms with Gasteiger partial charge in [0.15, 0.2) is 5.78 Å². The van der Waals surface area contributed by atoms with E-state index in [1.54, 1.807) is 9.32 Å². The summed E-state index contributed by atoms with van der Waals surface area (Å²) in [6.07, 6.45) is 1.43. The topological polar surface area (TPSA) is 67.2 Å². The third-order valence-corrected chi connectivity index (χ3v) is 5.08. The number of nitrogens with zero attached hydrogens (tertiary/aromatic N) is 4. The fourth-order valence-electron chi connectivity index (χ4n) is 3.49. The number of fused-ring (bicyclic) bond motifs is 3. The number of hydrogen-bond acceptors (Lipinski definition) is 6. The Morgan fingerprint density at radius 3 is 2.88 bits per heavy atom. The molecule has 4 heterocycles. The Labute approximate surface area is 144 Å². The second kappa shape index (κ2) is 6.36. The average molecular weight is 355 g/mol. The summed E-state index contributed by atoms with van der Waals surface area (Å²) in [4.78, 5) is 32.1. The van der Waals surface area contributed by atoms with Gasteiger partial charge in [-0.3, -0.25) is 4.79 Å². The molecule has 1 amide bonds. The number of rotatable bonds is 1. The van der Waals surface area contributed by atoms with Crippen LogP contribution in [-0.4, -0.2) is 69.7 Å². The first kappa shape index (κ1) is 15.9. The summed E-state index contributed by atoms with van der Waals surface area (Å²) in [6, 6.07) is 3.25. The molecule has 24 heavy (non-hydrogen) atoms. The Balaban J connectivity index is 1.58. The molecule has 2 saturated heterocycles. The SMILES string of the molecule is O=C1CCN(Cl)C2C1N(OC(=O)N1CCOCC1)Cc1cccn12. The van der Waals surface area contributed by atoms with Crippen LogP contribution in [0.15, 0.2) is 18.3 Å². The molecule has 0 N–H and O–H groups in total. The predicted molar refractivity (Wildman–Crippen MR) is 83.9 cm³/mol. The zero-order chi connectivity index (χ0) is 16.7. The van der Waals surface area contributed by atoms with Gasteiger partial charge in [-0.2, -0.15) is 4.42 Å². The van der Waals surface area contributed by atoms with Crippen LogP contribution in [0.5, 0.6) is 0 Å². The van der Waals surface area contributed by atoms with Gasteiger partial charge in [0, 0.05) is 37.9 Å². The van der Waals surface area contributed by atoms with Crippen LogP contribution in [0.1, 0.15) is 18.3 Å². The van der Waals surface area contributed by atoms with E-state index in [0.717, 1.165) is 5.69 Å². The van der Waals surface area contributed by atoms with Gasteiger partial charge in [-0.1, -0.05) is 0 Å². The molecule has 130 valence electrons. The van der Waals surface area contributed by atoms with Crippen molar-refractivity contribution in [3.05, 3.63) is 24.0 Å². The minimum atomic E-state index is -0.596. The highest BCUT2D eigenvalue weighted by Crippen LogP contribution is 2.36. The summed E-state index contributed by atoms with van der Waals surface area (Å²) in [7, 11) is 0. The van der Waals surface area contributed by atoms with Gasteiger partial charge in [-0.25, -0.2) is 4.79 Å². The van der Waals surface area contributed by atoms with Crippen LogP contribution in [0.25, 0.3) is 0 Å². The van der Waals surface area contributed by atoms with Crippen molar-refractivity contribution in [2.75, 3.05) is 32.8 Å². The number of ether oxygens (including phenoxy) is 1. The number of halogens is 1. The number of hydrogen-bond donors (Lipinski definition) is 0. The summed E-state index contributed by atoms with van der Waals surface area (Å²) >= 11 is 6.36. The van der Waals surface area contributed by atoms with Gasteiger partial charge < -0.3 is 19.0 Å². The lowest BCUT2D eigenvalue weighted by atomic mass is 9.99. The number of carbonyl (C=O) groups is 2. The molecule has 4 rings (SSSR count). The van der Waals surface area contributed by atoms with Gasteiger partial charge in [-0.15, -0.1) is 5.06 Å². The maximum absolute atomic E-state index is 12.5. The molecular weight excluding hydrogens is 336 g/mol. The smallest absolute Gasteiger partial charge is 0.378 e. The summed E-state index contributed by atoms with van der Waals surface area (Å²) in [5.41, 5.74) is 0.950. The van der Waals surface area contributed by atoms with E-state index >= 15 is 0 Å². The van der Waals surface area contributed by atoms with Crippen LogP contribution in [0, 0.1) is 0 Å². The number of hydroxylamine groups is 2. The van der Waals surface area contributed by atoms with Crippen molar-refractivity contribution in [3.8, 4) is 0 Å². The molecule has 2 fully saturated rings. The summed E-state index contributed by atoms with van der Waals surface area (Å²) in [6.45, 7) is 2.82. The highest BCUT2D eigenvalue weighted by Gasteiger charge is 2.47. The van der Waals surface area contributed by atoms with Crippen LogP contribution < -0.4 is 0 Å². The van der Waals surface area contributed by atoms with Gasteiger partial charge in [0.1, 0.15) is 12.2 Å². The maximum Gasteiger partial charge on any atom is 0.429 e. The second-order valence-electron chi connectivity index (χ2n) is 6.14. The van der Waals surface area contributed by atoms with Crippen molar-refractivity contribution < 1.29 is 19.2 Å². The predicted octanol–water partition coefficient (Wildman–Crippen LogP) is 0.983. The van der Waals surface area contributed by atoms with Crippen LogP contribution in [0.3, 0.4) is 0 Å². The van der Waals surface area contributed by atoms with Crippen molar-refractivity contribution in [3.63, 3.8) is 0 Å². The molecule has 3 aliphatic rings. The van der Waals surface area contributed by atoms with Gasteiger partial charge in [-0.05, 0) is 23.9 Å². The van der Waals surface area contributed by atoms with E-state index < -0.39 is 12.1 Å². The largest absolute Gasteiger partial charge is 0.429 e.